The number of nitrogens with two attached hydrogens (primary N) is 1. The number of unbranched alkanes of at least 4 members (excludes halogenated alkanes) is 3. The van der Waals surface area contributed by atoms with E-state index in [2.05, 4.69) is 41.5 Å². The van der Waals surface area contributed by atoms with Crippen LogP contribution in [-0.2, 0) is 22.6 Å². The third-order valence-corrected chi connectivity index (χ3v) is 4.45. The first-order chi connectivity index (χ1) is 12.3. The molecule has 1 heterocycles. The maximum atomic E-state index is 5.94. The maximum absolute atomic E-state index is 5.94. The van der Waals surface area contributed by atoms with Crippen LogP contribution in [0, 0.1) is 0 Å². The van der Waals surface area contributed by atoms with Gasteiger partial charge in [-0.15, -0.1) is 0 Å². The van der Waals surface area contributed by atoms with Gasteiger partial charge < -0.3 is 20.5 Å². The third kappa shape index (κ3) is 8.36. The lowest BCUT2D eigenvalue weighted by molar-refractivity contribution is -0.0390. The molecule has 1 aliphatic rings. The summed E-state index contributed by atoms with van der Waals surface area (Å²) < 4.78 is 11.3. The molecule has 0 radical (unpaired) electrons. The first-order valence-corrected chi connectivity index (χ1v) is 9.59. The minimum Gasteiger partial charge on any atom is -0.381 e. The van der Waals surface area contributed by atoms with E-state index in [1.165, 1.54) is 24.8 Å². The molecule has 0 aliphatic carbocycles. The number of ether oxygens (including phenoxy) is 2. The Hall–Kier alpha value is -1.59. The van der Waals surface area contributed by atoms with Crippen LogP contribution in [0.1, 0.15) is 56.6 Å². The SMILES string of the molecule is CCCCCCNC(N)=NCc1ccc(COC2CCOCC2)cc1. The van der Waals surface area contributed by atoms with Crippen LogP contribution in [0.2, 0.25) is 0 Å². The molecule has 0 bridgehead atoms. The molecule has 0 saturated carbocycles. The van der Waals surface area contributed by atoms with Crippen molar-refractivity contribution >= 4 is 5.96 Å². The molecule has 140 valence electrons. The van der Waals surface area contributed by atoms with Crippen LogP contribution >= 0.6 is 0 Å². The lowest BCUT2D eigenvalue weighted by Crippen LogP contribution is -2.32. The molecule has 0 atom stereocenters. The molecule has 1 fully saturated rings. The summed E-state index contributed by atoms with van der Waals surface area (Å²) in [5.41, 5.74) is 8.26. The zero-order valence-electron chi connectivity index (χ0n) is 15.5. The minimum absolute atomic E-state index is 0.334. The molecule has 1 saturated heterocycles. The third-order valence-electron chi connectivity index (χ3n) is 4.45. The van der Waals surface area contributed by atoms with Crippen molar-refractivity contribution in [2.45, 2.75) is 64.7 Å². The van der Waals surface area contributed by atoms with Crippen LogP contribution in [0.4, 0.5) is 0 Å². The molecule has 1 aliphatic heterocycles. The predicted molar refractivity (Wildman–Crippen MR) is 103 cm³/mol. The molecule has 2 rings (SSSR count). The van der Waals surface area contributed by atoms with Crippen molar-refractivity contribution in [2.24, 2.45) is 10.7 Å². The van der Waals surface area contributed by atoms with E-state index in [0.29, 0.717) is 25.2 Å². The Kier molecular flexibility index (Phi) is 9.37. The molecule has 0 unspecified atom stereocenters. The highest BCUT2D eigenvalue weighted by molar-refractivity contribution is 5.77. The molecule has 0 amide bonds. The minimum atomic E-state index is 0.334. The van der Waals surface area contributed by atoms with Gasteiger partial charge in [-0.2, -0.15) is 0 Å². The Bertz CT molecular complexity index is 496. The Labute approximate surface area is 152 Å². The number of hydrogen-bond acceptors (Lipinski definition) is 3. The van der Waals surface area contributed by atoms with Crippen LogP contribution in [0.15, 0.2) is 29.3 Å². The molecular formula is C20H33N3O2. The monoisotopic (exact) mass is 347 g/mol. The fourth-order valence-corrected chi connectivity index (χ4v) is 2.80. The Morgan fingerprint density at radius 3 is 2.60 bits per heavy atom. The highest BCUT2D eigenvalue weighted by Gasteiger charge is 2.13. The highest BCUT2D eigenvalue weighted by atomic mass is 16.5. The van der Waals surface area contributed by atoms with E-state index in [1.54, 1.807) is 0 Å². The normalized spacial score (nSPS) is 16.1. The molecule has 5 nitrogen and oxygen atoms in total. The van der Waals surface area contributed by atoms with E-state index in [1.807, 2.05) is 0 Å². The summed E-state index contributed by atoms with van der Waals surface area (Å²) in [6.07, 6.45) is 7.25. The summed E-state index contributed by atoms with van der Waals surface area (Å²) in [6.45, 7) is 6.01. The smallest absolute Gasteiger partial charge is 0.188 e. The van der Waals surface area contributed by atoms with Gasteiger partial charge in [0.05, 0.1) is 19.3 Å². The molecule has 0 spiro atoms. The van der Waals surface area contributed by atoms with Gasteiger partial charge in [-0.25, -0.2) is 4.99 Å². The van der Waals surface area contributed by atoms with E-state index in [-0.39, 0.29) is 0 Å². The molecule has 25 heavy (non-hydrogen) atoms. The summed E-state index contributed by atoms with van der Waals surface area (Å²) in [5, 5.41) is 3.18. The van der Waals surface area contributed by atoms with Crippen molar-refractivity contribution in [3.8, 4) is 0 Å². The summed E-state index contributed by atoms with van der Waals surface area (Å²) in [5.74, 6) is 0.531. The number of benzene rings is 1. The number of nitrogens with zero attached hydrogens (tertiary/aromatic N) is 1. The van der Waals surface area contributed by atoms with E-state index in [0.717, 1.165) is 44.6 Å². The van der Waals surface area contributed by atoms with Crippen molar-refractivity contribution in [3.05, 3.63) is 35.4 Å². The fourth-order valence-electron chi connectivity index (χ4n) is 2.80. The molecule has 0 aromatic heterocycles. The molecule has 5 heteroatoms. The number of hydrogen-bond donors (Lipinski definition) is 2. The van der Waals surface area contributed by atoms with Gasteiger partial charge in [-0.3, -0.25) is 0 Å². The van der Waals surface area contributed by atoms with Gasteiger partial charge in [-0.1, -0.05) is 50.5 Å². The topological polar surface area (TPSA) is 68.9 Å². The number of aliphatic imine (C=N–C) groups is 1. The second kappa shape index (κ2) is 11.9. The van der Waals surface area contributed by atoms with Crippen molar-refractivity contribution in [1.82, 2.24) is 5.32 Å². The standard InChI is InChI=1S/C20H33N3O2/c1-2-3-4-5-12-22-20(21)23-15-17-6-8-18(9-7-17)16-25-19-10-13-24-14-11-19/h6-9,19H,2-5,10-16H2,1H3,(H3,21,22,23). The van der Waals surface area contributed by atoms with Gasteiger partial charge in [0.25, 0.3) is 0 Å². The first kappa shape index (κ1) is 19.7. The average Bonchev–Trinajstić information content (AvgIpc) is 2.66. The molecule has 1 aromatic carbocycles. The van der Waals surface area contributed by atoms with Crippen molar-refractivity contribution < 1.29 is 9.47 Å². The summed E-state index contributed by atoms with van der Waals surface area (Å²) in [7, 11) is 0. The van der Waals surface area contributed by atoms with Gasteiger partial charge >= 0.3 is 0 Å². The predicted octanol–water partition coefficient (Wildman–Crippen LogP) is 3.37. The summed E-state index contributed by atoms with van der Waals surface area (Å²) >= 11 is 0. The van der Waals surface area contributed by atoms with E-state index in [9.17, 15) is 0 Å². The maximum Gasteiger partial charge on any atom is 0.188 e. The van der Waals surface area contributed by atoms with Gasteiger partial charge in [0.1, 0.15) is 0 Å². The van der Waals surface area contributed by atoms with E-state index in [4.69, 9.17) is 15.2 Å². The quantitative estimate of drug-likeness (QED) is 0.387. The van der Waals surface area contributed by atoms with Crippen LogP contribution in [0.5, 0.6) is 0 Å². The van der Waals surface area contributed by atoms with E-state index < -0.39 is 0 Å². The Morgan fingerprint density at radius 2 is 1.88 bits per heavy atom. The fraction of sp³-hybridized carbons (Fsp3) is 0.650. The van der Waals surface area contributed by atoms with Crippen molar-refractivity contribution in [2.75, 3.05) is 19.8 Å². The Morgan fingerprint density at radius 1 is 1.16 bits per heavy atom. The lowest BCUT2D eigenvalue weighted by Gasteiger charge is -2.22. The lowest BCUT2D eigenvalue weighted by atomic mass is 10.1. The first-order valence-electron chi connectivity index (χ1n) is 9.59. The average molecular weight is 348 g/mol. The van der Waals surface area contributed by atoms with Crippen LogP contribution in [0.25, 0.3) is 0 Å². The second-order valence-electron chi connectivity index (χ2n) is 6.63. The van der Waals surface area contributed by atoms with Gasteiger partial charge in [-0.05, 0) is 30.4 Å². The molecule has 3 N–H and O–H groups in total. The Balaban J connectivity index is 1.65. The van der Waals surface area contributed by atoms with Crippen LogP contribution < -0.4 is 11.1 Å². The zero-order valence-corrected chi connectivity index (χ0v) is 15.5. The molecule has 1 aromatic rings. The van der Waals surface area contributed by atoms with Crippen molar-refractivity contribution in [3.63, 3.8) is 0 Å². The van der Waals surface area contributed by atoms with Crippen LogP contribution in [-0.4, -0.2) is 31.8 Å². The number of nitrogens with one attached hydrogen (secondary N) is 1. The summed E-state index contributed by atoms with van der Waals surface area (Å²) in [6, 6.07) is 8.42. The second-order valence-corrected chi connectivity index (χ2v) is 6.63. The van der Waals surface area contributed by atoms with Gasteiger partial charge in [0.15, 0.2) is 5.96 Å². The molecular weight excluding hydrogens is 314 g/mol. The zero-order chi connectivity index (χ0) is 17.7. The highest BCUT2D eigenvalue weighted by Crippen LogP contribution is 2.14. The van der Waals surface area contributed by atoms with E-state index >= 15 is 0 Å². The van der Waals surface area contributed by atoms with Gasteiger partial charge in [0.2, 0.25) is 0 Å². The summed E-state index contributed by atoms with van der Waals surface area (Å²) in [4.78, 5) is 4.40. The van der Waals surface area contributed by atoms with Crippen molar-refractivity contribution in [1.29, 1.82) is 0 Å². The number of rotatable bonds is 10. The largest absolute Gasteiger partial charge is 0.381 e. The van der Waals surface area contributed by atoms with Gasteiger partial charge in [0, 0.05) is 19.8 Å². The van der Waals surface area contributed by atoms with Crippen LogP contribution in [0.3, 0.4) is 0 Å². The number of guanidine groups is 1.